The van der Waals surface area contributed by atoms with Crippen molar-refractivity contribution < 1.29 is 10.2 Å². The van der Waals surface area contributed by atoms with Gasteiger partial charge in [0.15, 0.2) is 0 Å². The largest absolute Gasteiger partial charge is 0.508 e. The van der Waals surface area contributed by atoms with Crippen molar-refractivity contribution in [2.45, 2.75) is 221 Å². The molecule has 75 heavy (non-hydrogen) atoms. The van der Waals surface area contributed by atoms with E-state index < -0.39 is 0 Å². The Hall–Kier alpha value is -5.48. The molecule has 0 fully saturated rings. The summed E-state index contributed by atoms with van der Waals surface area (Å²) in [6.07, 6.45) is 0. The summed E-state index contributed by atoms with van der Waals surface area (Å²) in [6, 6.07) is 43.0. The maximum atomic E-state index is 9.60. The van der Waals surface area contributed by atoms with Gasteiger partial charge in [0.1, 0.15) is 11.5 Å². The molecular weight excluding hydrogens is 938 g/mol. The standard InChI is InChI=1S/C12H18O.C11H16O.2C11H16.C10H13Cl.C10H13N3.4CH4/c1-8-6-10(12(3,4)5)7-9(2)11(8)13;1-8-7-9(11(2,3)4)5-6-10(8)12;1-9-5-7-10(8-6-9)11(2,3)4;1-9-6-5-7-10(8-9)11(2,3)4;1-10(2,3)8-4-6-9(11)7-5-8;1-10(2,3)8-4-6-9(7-5-8)12-13-11;;;;/h6-7,13H,1-5H3;5-7,12H,1-4H3;2*5-8H,1-4H3;4-7H,1-3H3;4-7H,1-3H3;4*1H4. The number of nitrogens with zero attached hydrogens (tertiary/aromatic N) is 3. The molecule has 6 rings (SSSR count). The Balaban J connectivity index is -0.000000400. The summed E-state index contributed by atoms with van der Waals surface area (Å²) >= 11 is 5.76. The van der Waals surface area contributed by atoms with E-state index in [-0.39, 0.29) is 62.2 Å². The lowest BCUT2D eigenvalue weighted by Crippen LogP contribution is -2.11. The van der Waals surface area contributed by atoms with Gasteiger partial charge in [-0.2, -0.15) is 0 Å². The highest BCUT2D eigenvalue weighted by Crippen LogP contribution is 2.31. The van der Waals surface area contributed by atoms with E-state index in [1.54, 1.807) is 6.07 Å². The molecule has 0 unspecified atom stereocenters. The van der Waals surface area contributed by atoms with Crippen LogP contribution in [0, 0.1) is 34.6 Å². The van der Waals surface area contributed by atoms with Crippen LogP contribution in [0.4, 0.5) is 5.69 Å². The van der Waals surface area contributed by atoms with Crippen LogP contribution in [-0.4, -0.2) is 10.2 Å². The molecule has 6 aromatic rings. The smallest absolute Gasteiger partial charge is 0.121 e. The van der Waals surface area contributed by atoms with Gasteiger partial charge in [0.05, 0.1) is 0 Å². The monoisotopic (exact) mass is 1050 g/mol. The Morgan fingerprint density at radius 3 is 1.01 bits per heavy atom. The maximum absolute atomic E-state index is 9.60. The van der Waals surface area contributed by atoms with E-state index in [1.807, 2.05) is 69.3 Å². The van der Waals surface area contributed by atoms with E-state index in [9.17, 15) is 10.2 Å². The number of benzene rings is 6. The average molecular weight is 1050 g/mol. The van der Waals surface area contributed by atoms with E-state index in [0.717, 1.165) is 21.7 Å². The fourth-order valence-corrected chi connectivity index (χ4v) is 6.83. The van der Waals surface area contributed by atoms with E-state index in [0.29, 0.717) is 17.2 Å². The fourth-order valence-electron chi connectivity index (χ4n) is 6.71. The predicted octanol–water partition coefficient (Wildman–Crippen LogP) is 23.0. The molecule has 0 spiro atoms. The third kappa shape index (κ3) is 28.8. The number of aromatic hydroxyl groups is 2. The molecule has 6 aromatic carbocycles. The van der Waals surface area contributed by atoms with Gasteiger partial charge in [-0.1, -0.05) is 291 Å². The van der Waals surface area contributed by atoms with Gasteiger partial charge in [0.25, 0.3) is 0 Å². The minimum absolute atomic E-state index is 0. The van der Waals surface area contributed by atoms with Crippen LogP contribution in [0.25, 0.3) is 10.4 Å². The van der Waals surface area contributed by atoms with Gasteiger partial charge < -0.3 is 10.2 Å². The number of azide groups is 1. The number of phenols is 2. The molecule has 5 nitrogen and oxygen atoms in total. The van der Waals surface area contributed by atoms with Crippen LogP contribution < -0.4 is 0 Å². The van der Waals surface area contributed by atoms with Crippen molar-refractivity contribution in [3.8, 4) is 11.5 Å². The van der Waals surface area contributed by atoms with Crippen LogP contribution in [0.5, 0.6) is 11.5 Å². The first-order valence-electron chi connectivity index (χ1n) is 24.9. The van der Waals surface area contributed by atoms with Gasteiger partial charge in [-0.05, 0) is 141 Å². The predicted molar refractivity (Wildman–Crippen MR) is 339 cm³/mol. The summed E-state index contributed by atoms with van der Waals surface area (Å²) in [5.74, 6) is 0.802. The van der Waals surface area contributed by atoms with Crippen molar-refractivity contribution in [2.75, 3.05) is 0 Å². The molecule has 0 aromatic heterocycles. The Labute approximate surface area is 467 Å². The maximum Gasteiger partial charge on any atom is 0.121 e. The van der Waals surface area contributed by atoms with Crippen molar-refractivity contribution in [1.29, 1.82) is 0 Å². The first-order chi connectivity index (χ1) is 32.3. The van der Waals surface area contributed by atoms with Crippen molar-refractivity contribution in [1.82, 2.24) is 0 Å². The third-order valence-corrected chi connectivity index (χ3v) is 12.1. The number of hydrogen-bond acceptors (Lipinski definition) is 3. The summed E-state index contributed by atoms with van der Waals surface area (Å²) in [5.41, 5.74) is 23.6. The van der Waals surface area contributed by atoms with E-state index in [2.05, 4.69) is 221 Å². The number of phenolic OH excluding ortho intramolecular Hbond substituents is 2. The minimum Gasteiger partial charge on any atom is -0.508 e. The van der Waals surface area contributed by atoms with Crippen LogP contribution >= 0.6 is 11.6 Å². The third-order valence-electron chi connectivity index (χ3n) is 11.8. The number of hydrogen-bond donors (Lipinski definition) is 2. The quantitative estimate of drug-likeness (QED) is 0.0976. The molecule has 0 heterocycles. The van der Waals surface area contributed by atoms with E-state index >= 15 is 0 Å². The lowest BCUT2D eigenvalue weighted by atomic mass is 9.85. The molecule has 0 aliphatic rings. The lowest BCUT2D eigenvalue weighted by molar-refractivity contribution is 0.465. The zero-order valence-electron chi connectivity index (χ0n) is 48.2. The first-order valence-corrected chi connectivity index (χ1v) is 25.3. The highest BCUT2D eigenvalue weighted by Gasteiger charge is 2.17. The highest BCUT2D eigenvalue weighted by atomic mass is 35.5. The first kappa shape index (κ1) is 76.0. The Morgan fingerprint density at radius 2 is 0.693 bits per heavy atom. The van der Waals surface area contributed by atoms with Gasteiger partial charge >= 0.3 is 0 Å². The fraction of sp³-hybridized carbons (Fsp3) is 0.478. The Bertz CT molecular complexity index is 2500. The number of aryl methyl sites for hydroxylation is 5. The molecule has 6 heteroatoms. The molecule has 418 valence electrons. The molecular formula is C69H108ClN3O2. The second kappa shape index (κ2) is 32.2. The van der Waals surface area contributed by atoms with Crippen molar-refractivity contribution in [2.24, 2.45) is 5.11 Å². The summed E-state index contributed by atoms with van der Waals surface area (Å²) in [6.45, 7) is 49.5. The normalized spacial score (nSPS) is 10.9. The zero-order valence-corrected chi connectivity index (χ0v) is 49.0. The van der Waals surface area contributed by atoms with Crippen LogP contribution in [0.15, 0.2) is 133 Å². The van der Waals surface area contributed by atoms with E-state index in [1.165, 1.54) is 44.5 Å². The summed E-state index contributed by atoms with van der Waals surface area (Å²) in [4.78, 5) is 2.72. The molecule has 0 amide bonds. The SMILES string of the molecule is C.C.C.C.CC(C)(C)c1ccc(Cl)cc1.CC(C)(C)c1ccc(N=[N+]=[N-])cc1.Cc1cc(C(C)(C)C)cc(C)c1O.Cc1cc(C(C)(C)C)ccc1O.Cc1ccc(C(C)(C)C)cc1.Cc1cccc(C(C)(C)C)c1. The van der Waals surface area contributed by atoms with E-state index in [4.69, 9.17) is 17.1 Å². The van der Waals surface area contributed by atoms with Crippen molar-refractivity contribution in [3.63, 3.8) is 0 Å². The minimum atomic E-state index is 0. The molecule has 0 bridgehead atoms. The molecule has 0 atom stereocenters. The van der Waals surface area contributed by atoms with Gasteiger partial charge in [0, 0.05) is 15.6 Å². The number of rotatable bonds is 1. The van der Waals surface area contributed by atoms with Crippen LogP contribution in [0.1, 0.15) is 216 Å². The van der Waals surface area contributed by atoms with Gasteiger partial charge in [-0.25, -0.2) is 0 Å². The zero-order chi connectivity index (χ0) is 54.9. The molecule has 0 aliphatic carbocycles. The lowest BCUT2D eigenvalue weighted by Gasteiger charge is -2.20. The van der Waals surface area contributed by atoms with Crippen molar-refractivity contribution in [3.05, 3.63) is 204 Å². The van der Waals surface area contributed by atoms with Gasteiger partial charge in [-0.3, -0.25) is 0 Å². The van der Waals surface area contributed by atoms with Gasteiger partial charge in [-0.15, -0.1) is 0 Å². The summed E-state index contributed by atoms with van der Waals surface area (Å²) in [7, 11) is 0. The molecule has 0 radical (unpaired) electrons. The Morgan fingerprint density at radius 1 is 0.373 bits per heavy atom. The molecule has 0 aliphatic heterocycles. The molecule has 0 saturated carbocycles. The van der Waals surface area contributed by atoms with Crippen LogP contribution in [0.3, 0.4) is 0 Å². The Kier molecular flexibility index (Phi) is 32.6. The van der Waals surface area contributed by atoms with Crippen molar-refractivity contribution >= 4 is 17.3 Å². The summed E-state index contributed by atoms with van der Waals surface area (Å²) in [5, 5.41) is 23.2. The topological polar surface area (TPSA) is 89.2 Å². The van der Waals surface area contributed by atoms with Crippen LogP contribution in [-0.2, 0) is 32.5 Å². The molecule has 2 N–H and O–H groups in total. The summed E-state index contributed by atoms with van der Waals surface area (Å²) < 4.78 is 0. The average Bonchev–Trinajstić information content (AvgIpc) is 3.23. The number of halogens is 1. The highest BCUT2D eigenvalue weighted by molar-refractivity contribution is 6.30. The van der Waals surface area contributed by atoms with Crippen LogP contribution in [0.2, 0.25) is 5.02 Å². The second-order valence-electron chi connectivity index (χ2n) is 24.9. The second-order valence-corrected chi connectivity index (χ2v) is 25.4. The molecule has 0 saturated heterocycles. The van der Waals surface area contributed by atoms with Gasteiger partial charge in [0.2, 0.25) is 0 Å².